The van der Waals surface area contributed by atoms with Crippen LogP contribution >= 0.6 is 0 Å². The van der Waals surface area contributed by atoms with Gasteiger partial charge in [-0.05, 0) is 55.5 Å². The van der Waals surface area contributed by atoms with Crippen molar-refractivity contribution in [3.05, 3.63) is 77.7 Å². The Balaban J connectivity index is 1.66. The molecule has 24 heavy (non-hydrogen) atoms. The maximum absolute atomic E-state index is 12.9. The summed E-state index contributed by atoms with van der Waals surface area (Å²) in [7, 11) is 0. The molecule has 6 heteroatoms. The van der Waals surface area contributed by atoms with Gasteiger partial charge in [0.05, 0.1) is 0 Å². The quantitative estimate of drug-likeness (QED) is 0.764. The smallest absolute Gasteiger partial charge is 0.276 e. The van der Waals surface area contributed by atoms with Crippen LogP contribution in [0.3, 0.4) is 0 Å². The highest BCUT2D eigenvalue weighted by Crippen LogP contribution is 2.15. The number of benzene rings is 2. The Morgan fingerprint density at radius 3 is 2.17 bits per heavy atom. The maximum atomic E-state index is 12.9. The lowest BCUT2D eigenvalue weighted by atomic mass is 10.2. The minimum absolute atomic E-state index is 0.175. The summed E-state index contributed by atoms with van der Waals surface area (Å²) >= 11 is 0. The van der Waals surface area contributed by atoms with Gasteiger partial charge in [-0.1, -0.05) is 17.7 Å². The zero-order valence-corrected chi connectivity index (χ0v) is 13.0. The van der Waals surface area contributed by atoms with Gasteiger partial charge in [-0.2, -0.15) is 0 Å². The first-order chi connectivity index (χ1) is 11.6. The fourth-order valence-electron chi connectivity index (χ4n) is 2.03. The molecule has 0 aliphatic carbocycles. The van der Waals surface area contributed by atoms with E-state index in [9.17, 15) is 9.18 Å². The van der Waals surface area contributed by atoms with E-state index < -0.39 is 5.91 Å². The van der Waals surface area contributed by atoms with E-state index in [0.717, 1.165) is 5.69 Å². The van der Waals surface area contributed by atoms with Crippen molar-refractivity contribution in [3.8, 4) is 0 Å². The number of halogens is 1. The van der Waals surface area contributed by atoms with Crippen molar-refractivity contribution in [2.24, 2.45) is 0 Å². The fourth-order valence-corrected chi connectivity index (χ4v) is 2.03. The summed E-state index contributed by atoms with van der Waals surface area (Å²) in [4.78, 5) is 12.1. The number of nitrogens with zero attached hydrogens (tertiary/aromatic N) is 2. The minimum Gasteiger partial charge on any atom is -0.339 e. The summed E-state index contributed by atoms with van der Waals surface area (Å²) in [6.45, 7) is 2.01. The third-order valence-electron chi connectivity index (χ3n) is 3.32. The standard InChI is InChI=1S/C18H15FN4O/c1-12-2-6-14(7-3-12)20-17-11-10-16(22-23-17)18(24)21-15-8-4-13(19)5-9-15/h2-11H,1H3,(H,20,23)(H,21,24). The molecule has 0 unspecified atom stereocenters. The van der Waals surface area contributed by atoms with Crippen LogP contribution in [-0.4, -0.2) is 16.1 Å². The lowest BCUT2D eigenvalue weighted by molar-refractivity contribution is 0.102. The van der Waals surface area contributed by atoms with Gasteiger partial charge in [0, 0.05) is 11.4 Å². The first-order valence-electron chi connectivity index (χ1n) is 7.34. The zero-order valence-electron chi connectivity index (χ0n) is 13.0. The molecule has 2 N–H and O–H groups in total. The molecule has 120 valence electrons. The van der Waals surface area contributed by atoms with Crippen LogP contribution in [0.15, 0.2) is 60.7 Å². The van der Waals surface area contributed by atoms with Crippen LogP contribution in [0, 0.1) is 12.7 Å². The molecule has 0 spiro atoms. The summed E-state index contributed by atoms with van der Waals surface area (Å²) in [6, 6.07) is 16.6. The van der Waals surface area contributed by atoms with Gasteiger partial charge in [0.2, 0.25) is 0 Å². The van der Waals surface area contributed by atoms with Gasteiger partial charge in [0.1, 0.15) is 5.82 Å². The van der Waals surface area contributed by atoms with E-state index in [-0.39, 0.29) is 11.5 Å². The van der Waals surface area contributed by atoms with Crippen LogP contribution in [-0.2, 0) is 0 Å². The van der Waals surface area contributed by atoms with E-state index in [1.165, 1.54) is 29.8 Å². The molecule has 0 radical (unpaired) electrons. The average Bonchev–Trinajstić information content (AvgIpc) is 2.59. The number of carbonyl (C=O) groups is 1. The Morgan fingerprint density at radius 2 is 1.54 bits per heavy atom. The largest absolute Gasteiger partial charge is 0.339 e. The maximum Gasteiger partial charge on any atom is 0.276 e. The van der Waals surface area contributed by atoms with Crippen molar-refractivity contribution in [3.63, 3.8) is 0 Å². The van der Waals surface area contributed by atoms with Gasteiger partial charge >= 0.3 is 0 Å². The predicted molar refractivity (Wildman–Crippen MR) is 90.8 cm³/mol. The fraction of sp³-hybridized carbons (Fsp3) is 0.0556. The van der Waals surface area contributed by atoms with Crippen molar-refractivity contribution in [1.29, 1.82) is 0 Å². The number of carbonyl (C=O) groups excluding carboxylic acids is 1. The molecule has 2 aromatic carbocycles. The Labute approximate surface area is 138 Å². The predicted octanol–water partition coefficient (Wildman–Crippen LogP) is 3.92. The number of nitrogens with one attached hydrogen (secondary N) is 2. The van der Waals surface area contributed by atoms with E-state index in [2.05, 4.69) is 20.8 Å². The summed E-state index contributed by atoms with van der Waals surface area (Å²) in [6.07, 6.45) is 0. The Morgan fingerprint density at radius 1 is 0.875 bits per heavy atom. The van der Waals surface area contributed by atoms with Gasteiger partial charge in [-0.15, -0.1) is 10.2 Å². The van der Waals surface area contributed by atoms with Crippen molar-refractivity contribution in [1.82, 2.24) is 10.2 Å². The van der Waals surface area contributed by atoms with Crippen molar-refractivity contribution in [2.45, 2.75) is 6.92 Å². The normalized spacial score (nSPS) is 10.2. The SMILES string of the molecule is Cc1ccc(Nc2ccc(C(=O)Nc3ccc(F)cc3)nn2)cc1. The second-order valence-corrected chi connectivity index (χ2v) is 5.26. The summed E-state index contributed by atoms with van der Waals surface area (Å²) in [5.41, 5.74) is 2.72. The Hall–Kier alpha value is -3.28. The van der Waals surface area contributed by atoms with Crippen LogP contribution < -0.4 is 10.6 Å². The third-order valence-corrected chi connectivity index (χ3v) is 3.32. The van der Waals surface area contributed by atoms with E-state index >= 15 is 0 Å². The monoisotopic (exact) mass is 322 g/mol. The third kappa shape index (κ3) is 3.92. The lowest BCUT2D eigenvalue weighted by Crippen LogP contribution is -2.14. The molecule has 0 fully saturated rings. The van der Waals surface area contributed by atoms with Crippen LogP contribution in [0.2, 0.25) is 0 Å². The highest BCUT2D eigenvalue weighted by atomic mass is 19.1. The highest BCUT2D eigenvalue weighted by Gasteiger charge is 2.09. The summed E-state index contributed by atoms with van der Waals surface area (Å²) < 4.78 is 12.9. The van der Waals surface area contributed by atoms with Gasteiger partial charge in [0.25, 0.3) is 5.91 Å². The van der Waals surface area contributed by atoms with Gasteiger partial charge in [-0.3, -0.25) is 4.79 Å². The number of hydrogen-bond acceptors (Lipinski definition) is 4. The van der Waals surface area contributed by atoms with E-state index in [1.807, 2.05) is 31.2 Å². The van der Waals surface area contributed by atoms with E-state index in [0.29, 0.717) is 11.5 Å². The highest BCUT2D eigenvalue weighted by molar-refractivity contribution is 6.02. The zero-order chi connectivity index (χ0) is 16.9. The molecule has 0 saturated carbocycles. The second kappa shape index (κ2) is 6.87. The van der Waals surface area contributed by atoms with Crippen LogP contribution in [0.4, 0.5) is 21.6 Å². The molecule has 1 heterocycles. The average molecular weight is 322 g/mol. The number of aryl methyl sites for hydroxylation is 1. The Bertz CT molecular complexity index is 830. The molecule has 5 nitrogen and oxygen atoms in total. The summed E-state index contributed by atoms with van der Waals surface area (Å²) in [5.74, 6) is -0.229. The van der Waals surface area contributed by atoms with Crippen LogP contribution in [0.1, 0.15) is 16.1 Å². The topological polar surface area (TPSA) is 66.9 Å². The number of aromatic nitrogens is 2. The van der Waals surface area contributed by atoms with Crippen molar-refractivity contribution < 1.29 is 9.18 Å². The number of hydrogen-bond donors (Lipinski definition) is 2. The van der Waals surface area contributed by atoms with Gasteiger partial charge < -0.3 is 10.6 Å². The van der Waals surface area contributed by atoms with Gasteiger partial charge in [0.15, 0.2) is 11.5 Å². The van der Waals surface area contributed by atoms with Crippen LogP contribution in [0.25, 0.3) is 0 Å². The molecule has 1 aromatic heterocycles. The minimum atomic E-state index is -0.406. The van der Waals surface area contributed by atoms with Crippen LogP contribution in [0.5, 0.6) is 0 Å². The molecule has 3 aromatic rings. The molecular weight excluding hydrogens is 307 g/mol. The second-order valence-electron chi connectivity index (χ2n) is 5.26. The molecule has 0 bridgehead atoms. The van der Waals surface area contributed by atoms with Crippen molar-refractivity contribution >= 4 is 23.1 Å². The van der Waals surface area contributed by atoms with Crippen molar-refractivity contribution in [2.75, 3.05) is 10.6 Å². The van der Waals surface area contributed by atoms with Gasteiger partial charge in [-0.25, -0.2) is 4.39 Å². The van der Waals surface area contributed by atoms with E-state index in [1.54, 1.807) is 12.1 Å². The number of amides is 1. The molecule has 0 atom stereocenters. The molecule has 0 aliphatic rings. The number of rotatable bonds is 4. The lowest BCUT2D eigenvalue weighted by Gasteiger charge is -2.07. The molecular formula is C18H15FN4O. The molecule has 0 aliphatic heterocycles. The molecule has 0 saturated heterocycles. The molecule has 3 rings (SSSR count). The summed E-state index contributed by atoms with van der Waals surface area (Å²) in [5, 5.41) is 13.6. The van der Waals surface area contributed by atoms with E-state index in [4.69, 9.17) is 0 Å². The number of anilines is 3. The first-order valence-corrected chi connectivity index (χ1v) is 7.34. The molecule has 1 amide bonds. The Kier molecular flexibility index (Phi) is 4.47. The first kappa shape index (κ1) is 15.6.